The summed E-state index contributed by atoms with van der Waals surface area (Å²) < 4.78 is 23.8. The van der Waals surface area contributed by atoms with Gasteiger partial charge in [0.1, 0.15) is 9.84 Å². The van der Waals surface area contributed by atoms with Crippen LogP contribution in [0.4, 0.5) is 11.9 Å². The van der Waals surface area contributed by atoms with E-state index in [0.717, 1.165) is 0 Å². The zero-order chi connectivity index (χ0) is 14.8. The van der Waals surface area contributed by atoms with Gasteiger partial charge in [-0.3, -0.25) is 0 Å². The van der Waals surface area contributed by atoms with Crippen molar-refractivity contribution in [1.29, 1.82) is 0 Å². The fourth-order valence-corrected chi connectivity index (χ4v) is 2.04. The summed E-state index contributed by atoms with van der Waals surface area (Å²) in [5.41, 5.74) is 5.64. The molecule has 0 aliphatic heterocycles. The smallest absolute Gasteiger partial charge is 0.257 e. The zero-order valence-electron chi connectivity index (χ0n) is 11.1. The van der Waals surface area contributed by atoms with E-state index in [-0.39, 0.29) is 24.2 Å². The van der Waals surface area contributed by atoms with Gasteiger partial charge in [-0.05, 0) is 6.07 Å². The summed E-state index contributed by atoms with van der Waals surface area (Å²) in [6.45, 7) is 0.265. The number of sulfone groups is 1. The average Bonchev–Trinajstić information content (AvgIpc) is 2.88. The minimum absolute atomic E-state index is 0.00614. The molecule has 0 saturated carbocycles. The summed E-state index contributed by atoms with van der Waals surface area (Å²) in [7, 11) is -1.36. The third-order valence-corrected chi connectivity index (χ3v) is 3.40. The van der Waals surface area contributed by atoms with Crippen LogP contribution in [0.3, 0.4) is 0 Å². The molecule has 9 nitrogen and oxygen atoms in total. The van der Waals surface area contributed by atoms with E-state index >= 15 is 0 Å². The highest BCUT2D eigenvalue weighted by Crippen LogP contribution is 2.09. The van der Waals surface area contributed by atoms with Crippen LogP contribution in [-0.4, -0.2) is 58.8 Å². The molecule has 0 aliphatic rings. The molecular formula is C10H15N7O2S. The highest BCUT2D eigenvalue weighted by atomic mass is 32.2. The summed E-state index contributed by atoms with van der Waals surface area (Å²) in [5, 5.41) is 4.01. The number of hydrogen-bond donors (Lipinski definition) is 1. The summed E-state index contributed by atoms with van der Waals surface area (Å²) >= 11 is 0. The molecule has 0 amide bonds. The first-order chi connectivity index (χ1) is 9.35. The fourth-order valence-electron chi connectivity index (χ4n) is 1.43. The molecule has 10 heteroatoms. The second kappa shape index (κ2) is 5.41. The SMILES string of the molecule is CN(CCS(C)(=O)=O)c1nc(N)nc(-n2cccn2)n1. The van der Waals surface area contributed by atoms with Gasteiger partial charge in [-0.15, -0.1) is 0 Å². The van der Waals surface area contributed by atoms with Crippen LogP contribution in [0.15, 0.2) is 18.5 Å². The van der Waals surface area contributed by atoms with E-state index in [0.29, 0.717) is 5.95 Å². The first-order valence-electron chi connectivity index (χ1n) is 5.75. The van der Waals surface area contributed by atoms with Crippen LogP contribution in [-0.2, 0) is 9.84 Å². The minimum Gasteiger partial charge on any atom is -0.368 e. The number of rotatable bonds is 5. The second-order valence-electron chi connectivity index (χ2n) is 4.30. The van der Waals surface area contributed by atoms with Crippen LogP contribution in [0.5, 0.6) is 0 Å². The van der Waals surface area contributed by atoms with Gasteiger partial charge in [0, 0.05) is 32.2 Å². The van der Waals surface area contributed by atoms with Gasteiger partial charge in [0.15, 0.2) is 0 Å². The van der Waals surface area contributed by atoms with Gasteiger partial charge in [0.2, 0.25) is 11.9 Å². The number of aromatic nitrogens is 5. The highest BCUT2D eigenvalue weighted by Gasteiger charge is 2.12. The lowest BCUT2D eigenvalue weighted by atomic mass is 10.6. The van der Waals surface area contributed by atoms with Crippen molar-refractivity contribution in [1.82, 2.24) is 24.7 Å². The van der Waals surface area contributed by atoms with E-state index in [2.05, 4.69) is 20.1 Å². The number of nitrogens with zero attached hydrogens (tertiary/aromatic N) is 6. The third kappa shape index (κ3) is 3.63. The summed E-state index contributed by atoms with van der Waals surface area (Å²) in [6.07, 6.45) is 4.44. The van der Waals surface area contributed by atoms with Gasteiger partial charge in [-0.25, -0.2) is 13.1 Å². The van der Waals surface area contributed by atoms with Crippen molar-refractivity contribution in [3.63, 3.8) is 0 Å². The number of nitrogens with two attached hydrogens (primary N) is 1. The molecule has 20 heavy (non-hydrogen) atoms. The van der Waals surface area contributed by atoms with Gasteiger partial charge in [0.25, 0.3) is 5.95 Å². The van der Waals surface area contributed by atoms with Crippen molar-refractivity contribution in [2.75, 3.05) is 36.2 Å². The van der Waals surface area contributed by atoms with Crippen LogP contribution >= 0.6 is 0 Å². The normalized spacial score (nSPS) is 11.5. The van der Waals surface area contributed by atoms with E-state index in [1.54, 1.807) is 30.4 Å². The molecule has 108 valence electrons. The Morgan fingerprint density at radius 2 is 2.10 bits per heavy atom. The Hall–Kier alpha value is -2.23. The molecule has 0 aliphatic carbocycles. The Balaban J connectivity index is 2.24. The van der Waals surface area contributed by atoms with Crippen LogP contribution in [0.2, 0.25) is 0 Å². The zero-order valence-corrected chi connectivity index (χ0v) is 11.9. The molecule has 0 radical (unpaired) electrons. The number of hydrogen-bond acceptors (Lipinski definition) is 8. The Kier molecular flexibility index (Phi) is 3.84. The molecular weight excluding hydrogens is 282 g/mol. The van der Waals surface area contributed by atoms with E-state index < -0.39 is 9.84 Å². The van der Waals surface area contributed by atoms with Gasteiger partial charge in [0.05, 0.1) is 5.75 Å². The van der Waals surface area contributed by atoms with Gasteiger partial charge >= 0.3 is 0 Å². The lowest BCUT2D eigenvalue weighted by molar-refractivity contribution is 0.600. The quantitative estimate of drug-likeness (QED) is 0.755. The average molecular weight is 297 g/mol. The Morgan fingerprint density at radius 1 is 1.35 bits per heavy atom. The monoisotopic (exact) mass is 297 g/mol. The van der Waals surface area contributed by atoms with E-state index in [1.165, 1.54) is 10.9 Å². The van der Waals surface area contributed by atoms with Gasteiger partial charge < -0.3 is 10.6 Å². The van der Waals surface area contributed by atoms with Gasteiger partial charge in [-0.1, -0.05) is 0 Å². The van der Waals surface area contributed by atoms with Crippen molar-refractivity contribution < 1.29 is 8.42 Å². The molecule has 0 unspecified atom stereocenters. The Morgan fingerprint density at radius 3 is 2.70 bits per heavy atom. The molecule has 0 aromatic carbocycles. The standard InChI is InChI=1S/C10H15N7O2S/c1-16(6-7-20(2,18)19)9-13-8(11)14-10(15-9)17-5-3-4-12-17/h3-5H,6-7H2,1-2H3,(H2,11,13,14,15). The molecule has 0 bridgehead atoms. The number of nitrogen functional groups attached to an aromatic ring is 1. The van der Waals surface area contributed by atoms with Crippen molar-refractivity contribution in [3.8, 4) is 5.95 Å². The van der Waals surface area contributed by atoms with Gasteiger partial charge in [-0.2, -0.15) is 20.1 Å². The van der Waals surface area contributed by atoms with Crippen molar-refractivity contribution in [2.24, 2.45) is 0 Å². The fraction of sp³-hybridized carbons (Fsp3) is 0.400. The Labute approximate surface area is 116 Å². The highest BCUT2D eigenvalue weighted by molar-refractivity contribution is 7.90. The predicted molar refractivity (Wildman–Crippen MR) is 74.3 cm³/mol. The molecule has 2 heterocycles. The predicted octanol–water partition coefficient (Wildman–Crippen LogP) is -0.880. The van der Waals surface area contributed by atoms with Crippen LogP contribution in [0.25, 0.3) is 5.95 Å². The topological polar surface area (TPSA) is 120 Å². The molecule has 0 spiro atoms. The maximum atomic E-state index is 11.2. The Bertz CT molecular complexity index is 684. The van der Waals surface area contributed by atoms with Crippen molar-refractivity contribution in [3.05, 3.63) is 18.5 Å². The van der Waals surface area contributed by atoms with E-state index in [9.17, 15) is 8.42 Å². The van der Waals surface area contributed by atoms with Crippen LogP contribution in [0, 0.1) is 0 Å². The van der Waals surface area contributed by atoms with Crippen molar-refractivity contribution in [2.45, 2.75) is 0 Å². The van der Waals surface area contributed by atoms with E-state index in [1.807, 2.05) is 0 Å². The van der Waals surface area contributed by atoms with Crippen molar-refractivity contribution >= 4 is 21.7 Å². The lowest BCUT2D eigenvalue weighted by Crippen LogP contribution is -2.27. The molecule has 0 atom stereocenters. The molecule has 2 aromatic rings. The summed E-state index contributed by atoms with van der Waals surface area (Å²) in [5.74, 6) is 0.633. The maximum Gasteiger partial charge on any atom is 0.257 e. The second-order valence-corrected chi connectivity index (χ2v) is 6.56. The van der Waals surface area contributed by atoms with Crippen LogP contribution < -0.4 is 10.6 Å². The minimum atomic E-state index is -3.05. The molecule has 0 fully saturated rings. The summed E-state index contributed by atoms with van der Waals surface area (Å²) in [6, 6.07) is 1.73. The first kappa shape index (κ1) is 14.2. The third-order valence-electron chi connectivity index (χ3n) is 2.48. The maximum absolute atomic E-state index is 11.2. The first-order valence-corrected chi connectivity index (χ1v) is 7.81. The molecule has 0 saturated heterocycles. The molecule has 2 N–H and O–H groups in total. The lowest BCUT2D eigenvalue weighted by Gasteiger charge is -2.16. The number of anilines is 2. The molecule has 2 aromatic heterocycles. The van der Waals surface area contributed by atoms with E-state index in [4.69, 9.17) is 5.73 Å². The van der Waals surface area contributed by atoms with Crippen LogP contribution in [0.1, 0.15) is 0 Å². The summed E-state index contributed by atoms with van der Waals surface area (Å²) in [4.78, 5) is 13.8. The largest absolute Gasteiger partial charge is 0.368 e. The molecule has 2 rings (SSSR count).